The molecule has 22 heavy (non-hydrogen) atoms. The van der Waals surface area contributed by atoms with E-state index in [0.717, 1.165) is 11.8 Å². The summed E-state index contributed by atoms with van der Waals surface area (Å²) in [4.78, 5) is 0. The van der Waals surface area contributed by atoms with Gasteiger partial charge in [0, 0.05) is 31.3 Å². The minimum atomic E-state index is -3.59. The highest BCUT2D eigenvalue weighted by Gasteiger charge is 2.37. The molecule has 0 aromatic heterocycles. The summed E-state index contributed by atoms with van der Waals surface area (Å²) in [6.45, 7) is 0.531. The number of benzene rings is 1. The smallest absolute Gasteiger partial charge is 0.215 e. The summed E-state index contributed by atoms with van der Waals surface area (Å²) >= 11 is 0. The molecule has 1 aromatic rings. The normalized spacial score (nSPS) is 23.2. The summed E-state index contributed by atoms with van der Waals surface area (Å²) in [6.07, 6.45) is 1.03. The van der Waals surface area contributed by atoms with Crippen LogP contribution in [0.3, 0.4) is 0 Å². The zero-order valence-corrected chi connectivity index (χ0v) is 14.7. The van der Waals surface area contributed by atoms with Gasteiger partial charge in [0.05, 0.1) is 11.5 Å². The summed E-state index contributed by atoms with van der Waals surface area (Å²) < 4.78 is 48.0. The molecule has 1 saturated heterocycles. The Balaban J connectivity index is 0.00000242. The van der Waals surface area contributed by atoms with Gasteiger partial charge in [-0.2, -0.15) is 4.31 Å². The first kappa shape index (κ1) is 19.4. The minimum Gasteiger partial charge on any atom is -0.326 e. The molecule has 0 bridgehead atoms. The van der Waals surface area contributed by atoms with Gasteiger partial charge < -0.3 is 5.73 Å². The second kappa shape index (κ2) is 7.27. The third-order valence-corrected chi connectivity index (χ3v) is 6.67. The number of sulfone groups is 1. The summed E-state index contributed by atoms with van der Waals surface area (Å²) in [5, 5.41) is 0. The van der Waals surface area contributed by atoms with Crippen molar-refractivity contribution in [3.63, 3.8) is 0 Å². The maximum absolute atomic E-state index is 12.2. The highest BCUT2D eigenvalue weighted by atomic mass is 35.5. The van der Waals surface area contributed by atoms with Crippen molar-refractivity contribution in [2.24, 2.45) is 5.73 Å². The molecule has 0 spiro atoms. The van der Waals surface area contributed by atoms with Crippen molar-refractivity contribution in [2.45, 2.75) is 12.0 Å². The largest absolute Gasteiger partial charge is 0.326 e. The van der Waals surface area contributed by atoms with Crippen molar-refractivity contribution < 1.29 is 16.8 Å². The fourth-order valence-electron chi connectivity index (χ4n) is 2.46. The van der Waals surface area contributed by atoms with Crippen LogP contribution in [0.2, 0.25) is 0 Å². The van der Waals surface area contributed by atoms with Gasteiger partial charge in [-0.25, -0.2) is 16.8 Å². The molecule has 126 valence electrons. The van der Waals surface area contributed by atoms with E-state index in [0.29, 0.717) is 6.54 Å². The van der Waals surface area contributed by atoms with Crippen molar-refractivity contribution in [3.05, 3.63) is 35.9 Å². The lowest BCUT2D eigenvalue weighted by Crippen LogP contribution is -2.35. The van der Waals surface area contributed by atoms with Crippen LogP contribution in [0.5, 0.6) is 0 Å². The molecular formula is C13H21ClN2O4S2. The number of hydrogen-bond acceptors (Lipinski definition) is 5. The van der Waals surface area contributed by atoms with Crippen molar-refractivity contribution >= 4 is 32.3 Å². The van der Waals surface area contributed by atoms with Crippen molar-refractivity contribution in [1.29, 1.82) is 0 Å². The van der Waals surface area contributed by atoms with Crippen LogP contribution in [0.4, 0.5) is 0 Å². The second-order valence-corrected chi connectivity index (χ2v) is 9.79. The quantitative estimate of drug-likeness (QED) is 0.801. The summed E-state index contributed by atoms with van der Waals surface area (Å²) in [5.41, 5.74) is 7.06. The molecule has 1 aromatic carbocycles. The summed E-state index contributed by atoms with van der Waals surface area (Å²) in [6, 6.07) is 9.25. The minimum absolute atomic E-state index is 0. The Morgan fingerprint density at radius 2 is 1.68 bits per heavy atom. The van der Waals surface area contributed by atoms with Crippen molar-refractivity contribution in [2.75, 3.05) is 30.9 Å². The zero-order chi connectivity index (χ0) is 15.7. The first-order chi connectivity index (χ1) is 9.69. The fraction of sp³-hybridized carbons (Fsp3) is 0.538. The van der Waals surface area contributed by atoms with Crippen LogP contribution in [0.1, 0.15) is 11.5 Å². The van der Waals surface area contributed by atoms with E-state index < -0.39 is 19.9 Å². The van der Waals surface area contributed by atoms with E-state index in [4.69, 9.17) is 5.73 Å². The SMILES string of the molecule is CS(=O)(=O)CCS(=O)(=O)N1C[C@@H](N)[C@H](c2ccccc2)C1.Cl. The Morgan fingerprint density at radius 3 is 2.23 bits per heavy atom. The third-order valence-electron chi connectivity index (χ3n) is 3.66. The molecule has 0 unspecified atom stereocenters. The van der Waals surface area contributed by atoms with Gasteiger partial charge in [0.25, 0.3) is 0 Å². The molecule has 6 nitrogen and oxygen atoms in total. The van der Waals surface area contributed by atoms with E-state index in [1.165, 1.54) is 4.31 Å². The maximum atomic E-state index is 12.2. The molecule has 0 aliphatic carbocycles. The average molecular weight is 369 g/mol. The lowest BCUT2D eigenvalue weighted by Gasteiger charge is -2.16. The van der Waals surface area contributed by atoms with Gasteiger partial charge in [-0.1, -0.05) is 30.3 Å². The number of sulfonamides is 1. The number of nitrogens with two attached hydrogens (primary N) is 1. The van der Waals surface area contributed by atoms with E-state index >= 15 is 0 Å². The monoisotopic (exact) mass is 368 g/mol. The molecule has 1 heterocycles. The second-order valence-electron chi connectivity index (χ2n) is 5.44. The van der Waals surface area contributed by atoms with Crippen LogP contribution in [0, 0.1) is 0 Å². The molecule has 0 amide bonds. The van der Waals surface area contributed by atoms with E-state index in [1.807, 2.05) is 30.3 Å². The number of hydrogen-bond donors (Lipinski definition) is 1. The van der Waals surface area contributed by atoms with Gasteiger partial charge in [0.1, 0.15) is 9.84 Å². The van der Waals surface area contributed by atoms with Crippen molar-refractivity contribution in [1.82, 2.24) is 4.31 Å². The standard InChI is InChI=1S/C13H20N2O4S2.ClH/c1-20(16,17)7-8-21(18,19)15-9-12(13(14)10-15)11-5-3-2-4-6-11;/h2-6,12-13H,7-10,14H2,1H3;1H/t12-,13+;/m0./s1. The van der Waals surface area contributed by atoms with Gasteiger partial charge in [0.2, 0.25) is 10.0 Å². The highest BCUT2D eigenvalue weighted by molar-refractivity contribution is 7.93. The number of halogens is 1. The average Bonchev–Trinajstić information content (AvgIpc) is 2.80. The van der Waals surface area contributed by atoms with Crippen LogP contribution in [0.15, 0.2) is 30.3 Å². The Labute approximate surface area is 138 Å². The lowest BCUT2D eigenvalue weighted by atomic mass is 9.95. The molecule has 1 aliphatic rings. The molecule has 0 saturated carbocycles. The van der Waals surface area contributed by atoms with Gasteiger partial charge in [0.15, 0.2) is 0 Å². The molecule has 2 rings (SSSR count). The van der Waals surface area contributed by atoms with E-state index in [9.17, 15) is 16.8 Å². The topological polar surface area (TPSA) is 97.5 Å². The van der Waals surface area contributed by atoms with Crippen LogP contribution in [0.25, 0.3) is 0 Å². The fourth-order valence-corrected chi connectivity index (χ4v) is 5.56. The molecule has 9 heteroatoms. The summed E-state index contributed by atoms with van der Waals surface area (Å²) in [7, 11) is -6.90. The zero-order valence-electron chi connectivity index (χ0n) is 12.3. The summed E-state index contributed by atoms with van der Waals surface area (Å²) in [5.74, 6) is -0.809. The molecule has 1 fully saturated rings. The Kier molecular flexibility index (Phi) is 6.40. The Hall–Kier alpha value is -0.670. The van der Waals surface area contributed by atoms with Crippen molar-refractivity contribution in [3.8, 4) is 0 Å². The highest BCUT2D eigenvalue weighted by Crippen LogP contribution is 2.28. The van der Waals surface area contributed by atoms with Gasteiger partial charge in [-0.05, 0) is 5.56 Å². The van der Waals surface area contributed by atoms with Crippen LogP contribution >= 0.6 is 12.4 Å². The van der Waals surface area contributed by atoms with E-state index in [-0.39, 0.29) is 42.4 Å². The lowest BCUT2D eigenvalue weighted by molar-refractivity contribution is 0.471. The predicted octanol–water partition coefficient (Wildman–Crippen LogP) is 0.209. The van der Waals surface area contributed by atoms with Gasteiger partial charge in [-0.15, -0.1) is 12.4 Å². The Morgan fingerprint density at radius 1 is 1.09 bits per heavy atom. The molecule has 1 aliphatic heterocycles. The number of nitrogens with zero attached hydrogens (tertiary/aromatic N) is 1. The molecular weight excluding hydrogens is 348 g/mol. The van der Waals surface area contributed by atoms with Crippen LogP contribution in [-0.2, 0) is 19.9 Å². The maximum Gasteiger partial charge on any atom is 0.215 e. The van der Waals surface area contributed by atoms with Gasteiger partial charge >= 0.3 is 0 Å². The Bertz CT molecular complexity index is 692. The molecule has 2 N–H and O–H groups in total. The van der Waals surface area contributed by atoms with Gasteiger partial charge in [-0.3, -0.25) is 0 Å². The van der Waals surface area contributed by atoms with E-state index in [1.54, 1.807) is 0 Å². The molecule has 0 radical (unpaired) electrons. The third kappa shape index (κ3) is 4.92. The van der Waals surface area contributed by atoms with E-state index in [2.05, 4.69) is 0 Å². The first-order valence-electron chi connectivity index (χ1n) is 6.65. The number of rotatable bonds is 5. The predicted molar refractivity (Wildman–Crippen MR) is 89.5 cm³/mol. The first-order valence-corrected chi connectivity index (χ1v) is 10.3. The van der Waals surface area contributed by atoms with Crippen LogP contribution in [-0.4, -0.2) is 58.0 Å². The van der Waals surface area contributed by atoms with Crippen LogP contribution < -0.4 is 5.73 Å². The molecule has 2 atom stereocenters.